The standard InChI is InChI=1S/C22H22N2O5/c1-15(22(26)23-19-11-6-9-16-7-2-4-10-18(16)19)29-21(25)14-13-17-8-3-5-12-20(17)24(27)28/h2-5,7-8,10,12-15,19H,6,9,11H2,1H3,(H,23,26)/b14-13+/t15-,19+/m1/s1. The van der Waals surface area contributed by atoms with E-state index in [1.54, 1.807) is 12.1 Å². The molecule has 0 fully saturated rings. The molecule has 7 nitrogen and oxygen atoms in total. The van der Waals surface area contributed by atoms with Crippen molar-refractivity contribution in [2.45, 2.75) is 38.3 Å². The van der Waals surface area contributed by atoms with E-state index in [1.165, 1.54) is 30.7 Å². The normalized spacial score (nSPS) is 16.7. The lowest BCUT2D eigenvalue weighted by atomic mass is 9.87. The highest BCUT2D eigenvalue weighted by atomic mass is 16.6. The molecule has 29 heavy (non-hydrogen) atoms. The summed E-state index contributed by atoms with van der Waals surface area (Å²) in [5.41, 5.74) is 2.49. The van der Waals surface area contributed by atoms with Crippen LogP contribution in [0.25, 0.3) is 6.08 Å². The van der Waals surface area contributed by atoms with Crippen LogP contribution in [0.4, 0.5) is 5.69 Å². The first-order chi connectivity index (χ1) is 14.0. The zero-order valence-corrected chi connectivity index (χ0v) is 16.0. The number of carbonyl (C=O) groups is 2. The molecule has 7 heteroatoms. The number of amides is 1. The van der Waals surface area contributed by atoms with Crippen LogP contribution >= 0.6 is 0 Å². The van der Waals surface area contributed by atoms with Gasteiger partial charge in [-0.25, -0.2) is 4.79 Å². The summed E-state index contributed by atoms with van der Waals surface area (Å²) in [5.74, 6) is -1.12. The Kier molecular flexibility index (Phi) is 6.39. The van der Waals surface area contributed by atoms with Crippen molar-refractivity contribution >= 4 is 23.6 Å². The van der Waals surface area contributed by atoms with E-state index in [-0.39, 0.29) is 23.2 Å². The summed E-state index contributed by atoms with van der Waals surface area (Å²) >= 11 is 0. The fourth-order valence-corrected chi connectivity index (χ4v) is 3.41. The zero-order valence-electron chi connectivity index (χ0n) is 16.0. The second-order valence-electron chi connectivity index (χ2n) is 6.88. The number of nitro groups is 1. The highest BCUT2D eigenvalue weighted by Gasteiger charge is 2.25. The first-order valence-electron chi connectivity index (χ1n) is 9.46. The van der Waals surface area contributed by atoms with Crippen LogP contribution in [-0.2, 0) is 20.7 Å². The van der Waals surface area contributed by atoms with Crippen molar-refractivity contribution in [3.8, 4) is 0 Å². The van der Waals surface area contributed by atoms with Crippen LogP contribution in [0.1, 0.15) is 42.5 Å². The first-order valence-corrected chi connectivity index (χ1v) is 9.46. The Labute approximate surface area is 168 Å². The summed E-state index contributed by atoms with van der Waals surface area (Å²) in [7, 11) is 0. The van der Waals surface area contributed by atoms with Crippen LogP contribution in [0, 0.1) is 10.1 Å². The van der Waals surface area contributed by atoms with Gasteiger partial charge in [0.1, 0.15) is 0 Å². The number of nitrogens with one attached hydrogen (secondary N) is 1. The molecule has 1 aliphatic carbocycles. The Bertz CT molecular complexity index is 954. The van der Waals surface area contributed by atoms with Gasteiger partial charge in [0.05, 0.1) is 16.5 Å². The van der Waals surface area contributed by atoms with Gasteiger partial charge in [-0.15, -0.1) is 0 Å². The monoisotopic (exact) mass is 394 g/mol. The summed E-state index contributed by atoms with van der Waals surface area (Å²) in [6, 6.07) is 13.9. The van der Waals surface area contributed by atoms with Gasteiger partial charge in [-0.1, -0.05) is 36.4 Å². The molecule has 0 radical (unpaired) electrons. The number of esters is 1. The van der Waals surface area contributed by atoms with E-state index in [0.29, 0.717) is 0 Å². The van der Waals surface area contributed by atoms with E-state index in [2.05, 4.69) is 11.4 Å². The first kappa shape index (κ1) is 20.3. The molecule has 0 aliphatic heterocycles. The second kappa shape index (κ2) is 9.14. The van der Waals surface area contributed by atoms with Crippen molar-refractivity contribution in [2.24, 2.45) is 0 Å². The molecule has 150 valence electrons. The number of hydrogen-bond donors (Lipinski definition) is 1. The number of aryl methyl sites for hydroxylation is 1. The minimum atomic E-state index is -0.980. The number of para-hydroxylation sites is 1. The molecular formula is C22H22N2O5. The lowest BCUT2D eigenvalue weighted by Crippen LogP contribution is -2.39. The average molecular weight is 394 g/mol. The Morgan fingerprint density at radius 1 is 1.21 bits per heavy atom. The van der Waals surface area contributed by atoms with Crippen molar-refractivity contribution in [2.75, 3.05) is 0 Å². The molecule has 0 saturated heterocycles. The maximum Gasteiger partial charge on any atom is 0.331 e. The van der Waals surface area contributed by atoms with Gasteiger partial charge in [0.15, 0.2) is 6.10 Å². The van der Waals surface area contributed by atoms with Gasteiger partial charge in [-0.3, -0.25) is 14.9 Å². The third kappa shape index (κ3) is 5.07. The van der Waals surface area contributed by atoms with Crippen LogP contribution in [0.5, 0.6) is 0 Å². The van der Waals surface area contributed by atoms with Crippen molar-refractivity contribution < 1.29 is 19.2 Å². The van der Waals surface area contributed by atoms with E-state index >= 15 is 0 Å². The maximum absolute atomic E-state index is 12.5. The molecule has 0 saturated carbocycles. The molecule has 1 N–H and O–H groups in total. The summed E-state index contributed by atoms with van der Waals surface area (Å²) in [6.45, 7) is 1.50. The van der Waals surface area contributed by atoms with Gasteiger partial charge in [-0.05, 0) is 49.5 Å². The number of fused-ring (bicyclic) bond motifs is 1. The molecule has 0 heterocycles. The molecule has 3 rings (SSSR count). The van der Waals surface area contributed by atoms with Crippen molar-refractivity contribution in [1.29, 1.82) is 0 Å². The van der Waals surface area contributed by atoms with Crippen LogP contribution in [-0.4, -0.2) is 22.9 Å². The minimum Gasteiger partial charge on any atom is -0.449 e. The zero-order chi connectivity index (χ0) is 20.8. The second-order valence-corrected chi connectivity index (χ2v) is 6.88. The summed E-state index contributed by atoms with van der Waals surface area (Å²) in [6.07, 6.45) is 4.22. The number of carbonyl (C=O) groups excluding carboxylic acids is 2. The van der Waals surface area contributed by atoms with Gasteiger partial charge >= 0.3 is 5.97 Å². The lowest BCUT2D eigenvalue weighted by molar-refractivity contribution is -0.385. The van der Waals surface area contributed by atoms with Gasteiger partial charge in [0.25, 0.3) is 11.6 Å². The average Bonchev–Trinajstić information content (AvgIpc) is 2.72. The van der Waals surface area contributed by atoms with Gasteiger partial charge in [-0.2, -0.15) is 0 Å². The molecule has 0 spiro atoms. The molecule has 0 bridgehead atoms. The number of hydrogen-bond acceptors (Lipinski definition) is 5. The quantitative estimate of drug-likeness (QED) is 0.348. The Balaban J connectivity index is 1.59. The molecule has 2 atom stereocenters. The largest absolute Gasteiger partial charge is 0.449 e. The Morgan fingerprint density at radius 2 is 1.93 bits per heavy atom. The topological polar surface area (TPSA) is 98.5 Å². The highest BCUT2D eigenvalue weighted by molar-refractivity contribution is 5.91. The number of benzene rings is 2. The molecule has 0 unspecified atom stereocenters. The van der Waals surface area contributed by atoms with E-state index in [0.717, 1.165) is 30.9 Å². The van der Waals surface area contributed by atoms with Gasteiger partial charge in [0.2, 0.25) is 0 Å². The van der Waals surface area contributed by atoms with E-state index in [9.17, 15) is 19.7 Å². The van der Waals surface area contributed by atoms with Gasteiger partial charge in [0, 0.05) is 12.1 Å². The third-order valence-electron chi connectivity index (χ3n) is 4.88. The summed E-state index contributed by atoms with van der Waals surface area (Å²) in [4.78, 5) is 35.0. The molecule has 1 amide bonds. The number of rotatable bonds is 6. The highest BCUT2D eigenvalue weighted by Crippen LogP contribution is 2.29. The molecule has 0 aromatic heterocycles. The van der Waals surface area contributed by atoms with E-state index in [4.69, 9.17) is 4.74 Å². The molecule has 2 aromatic rings. The molecule has 1 aliphatic rings. The van der Waals surface area contributed by atoms with E-state index < -0.39 is 17.0 Å². The lowest BCUT2D eigenvalue weighted by Gasteiger charge is -2.27. The molecule has 2 aromatic carbocycles. The van der Waals surface area contributed by atoms with Gasteiger partial charge < -0.3 is 10.1 Å². The van der Waals surface area contributed by atoms with E-state index in [1.807, 2.05) is 18.2 Å². The van der Waals surface area contributed by atoms with Crippen molar-refractivity contribution in [3.05, 3.63) is 81.4 Å². The fraction of sp³-hybridized carbons (Fsp3) is 0.273. The summed E-state index contributed by atoms with van der Waals surface area (Å²) < 4.78 is 5.16. The van der Waals surface area contributed by atoms with Crippen LogP contribution in [0.15, 0.2) is 54.6 Å². The SMILES string of the molecule is C[C@@H](OC(=O)/C=C/c1ccccc1[N+](=O)[O-])C(=O)N[C@H]1CCCc2ccccc21. The fourth-order valence-electron chi connectivity index (χ4n) is 3.41. The summed E-state index contributed by atoms with van der Waals surface area (Å²) in [5, 5.41) is 14.0. The van der Waals surface area contributed by atoms with Crippen molar-refractivity contribution in [3.63, 3.8) is 0 Å². The number of nitrogens with zero attached hydrogens (tertiary/aromatic N) is 1. The number of ether oxygens (including phenoxy) is 1. The third-order valence-corrected chi connectivity index (χ3v) is 4.88. The van der Waals surface area contributed by atoms with Crippen LogP contribution in [0.3, 0.4) is 0 Å². The minimum absolute atomic E-state index is 0.101. The molecular weight excluding hydrogens is 372 g/mol. The predicted molar refractivity (Wildman–Crippen MR) is 108 cm³/mol. The van der Waals surface area contributed by atoms with Crippen LogP contribution in [0.2, 0.25) is 0 Å². The van der Waals surface area contributed by atoms with Crippen LogP contribution < -0.4 is 5.32 Å². The van der Waals surface area contributed by atoms with Crippen molar-refractivity contribution in [1.82, 2.24) is 5.32 Å². The predicted octanol–water partition coefficient (Wildman–Crippen LogP) is 3.73. The Hall–Kier alpha value is -3.48. The Morgan fingerprint density at radius 3 is 2.72 bits per heavy atom. The smallest absolute Gasteiger partial charge is 0.331 e. The maximum atomic E-state index is 12.5. The number of nitro benzene ring substituents is 1.